The number of ether oxygens (including phenoxy) is 2. The summed E-state index contributed by atoms with van der Waals surface area (Å²) >= 11 is 0. The van der Waals surface area contributed by atoms with Crippen LogP contribution in [0, 0.1) is 5.92 Å². The number of rotatable bonds is 4. The standard InChI is InChI=1S/C11H21NO2/c1-2-11-9(3-6-14-11)7-12-10-4-5-13-8-10/h9-12H,2-8H2,1H3. The Morgan fingerprint density at radius 2 is 2.21 bits per heavy atom. The Morgan fingerprint density at radius 3 is 2.93 bits per heavy atom. The molecule has 3 atom stereocenters. The average Bonchev–Trinajstić information content (AvgIpc) is 2.85. The highest BCUT2D eigenvalue weighted by molar-refractivity contribution is 4.80. The van der Waals surface area contributed by atoms with E-state index in [1.165, 1.54) is 12.8 Å². The summed E-state index contributed by atoms with van der Waals surface area (Å²) in [5, 5.41) is 3.58. The zero-order valence-corrected chi connectivity index (χ0v) is 9.00. The maximum absolute atomic E-state index is 5.66. The third-order valence-corrected chi connectivity index (χ3v) is 3.35. The first-order valence-corrected chi connectivity index (χ1v) is 5.83. The molecule has 2 fully saturated rings. The number of nitrogens with one attached hydrogen (secondary N) is 1. The molecule has 0 aromatic heterocycles. The lowest BCUT2D eigenvalue weighted by atomic mass is 9.99. The second-order valence-corrected chi connectivity index (χ2v) is 4.34. The molecule has 0 radical (unpaired) electrons. The van der Waals surface area contributed by atoms with Gasteiger partial charge in [-0.3, -0.25) is 0 Å². The Bertz CT molecular complexity index is 169. The van der Waals surface area contributed by atoms with Crippen molar-refractivity contribution in [2.24, 2.45) is 5.92 Å². The summed E-state index contributed by atoms with van der Waals surface area (Å²) in [5.41, 5.74) is 0. The SMILES string of the molecule is CCC1OCCC1CNC1CCOC1. The summed E-state index contributed by atoms with van der Waals surface area (Å²) in [6, 6.07) is 0.591. The molecular weight excluding hydrogens is 178 g/mol. The third kappa shape index (κ3) is 2.47. The summed E-state index contributed by atoms with van der Waals surface area (Å²) in [4.78, 5) is 0. The second kappa shape index (κ2) is 5.10. The summed E-state index contributed by atoms with van der Waals surface area (Å²) < 4.78 is 11.0. The largest absolute Gasteiger partial charge is 0.380 e. The van der Waals surface area contributed by atoms with E-state index in [-0.39, 0.29) is 0 Å². The Labute approximate surface area is 86.2 Å². The molecule has 82 valence electrons. The third-order valence-electron chi connectivity index (χ3n) is 3.35. The van der Waals surface area contributed by atoms with E-state index < -0.39 is 0 Å². The van der Waals surface area contributed by atoms with Crippen LogP contribution in [0.5, 0.6) is 0 Å². The van der Waals surface area contributed by atoms with Crippen molar-refractivity contribution in [3.63, 3.8) is 0 Å². The van der Waals surface area contributed by atoms with E-state index >= 15 is 0 Å². The fraction of sp³-hybridized carbons (Fsp3) is 1.00. The summed E-state index contributed by atoms with van der Waals surface area (Å²) in [6.45, 7) is 6.08. The van der Waals surface area contributed by atoms with Crippen LogP contribution in [0.15, 0.2) is 0 Å². The van der Waals surface area contributed by atoms with Crippen molar-refractivity contribution in [2.75, 3.05) is 26.4 Å². The molecular formula is C11H21NO2. The van der Waals surface area contributed by atoms with Gasteiger partial charge in [0.05, 0.1) is 12.7 Å². The van der Waals surface area contributed by atoms with Crippen molar-refractivity contribution >= 4 is 0 Å². The topological polar surface area (TPSA) is 30.5 Å². The molecule has 2 rings (SSSR count). The van der Waals surface area contributed by atoms with E-state index in [9.17, 15) is 0 Å². The van der Waals surface area contributed by atoms with Crippen molar-refractivity contribution in [3.05, 3.63) is 0 Å². The van der Waals surface area contributed by atoms with Crippen LogP contribution in [0.4, 0.5) is 0 Å². The van der Waals surface area contributed by atoms with Gasteiger partial charge in [-0.2, -0.15) is 0 Å². The fourth-order valence-electron chi connectivity index (χ4n) is 2.39. The Kier molecular flexibility index (Phi) is 3.79. The molecule has 0 spiro atoms. The van der Waals surface area contributed by atoms with Crippen LogP contribution >= 0.6 is 0 Å². The highest BCUT2D eigenvalue weighted by Gasteiger charge is 2.27. The van der Waals surface area contributed by atoms with Gasteiger partial charge in [0.1, 0.15) is 0 Å². The molecule has 2 saturated heterocycles. The monoisotopic (exact) mass is 199 g/mol. The van der Waals surface area contributed by atoms with E-state index in [4.69, 9.17) is 9.47 Å². The van der Waals surface area contributed by atoms with Crippen LogP contribution in [0.25, 0.3) is 0 Å². The highest BCUT2D eigenvalue weighted by Crippen LogP contribution is 2.22. The molecule has 2 aliphatic rings. The molecule has 0 aliphatic carbocycles. The summed E-state index contributed by atoms with van der Waals surface area (Å²) in [7, 11) is 0. The quantitative estimate of drug-likeness (QED) is 0.737. The second-order valence-electron chi connectivity index (χ2n) is 4.34. The number of hydrogen-bond acceptors (Lipinski definition) is 3. The lowest BCUT2D eigenvalue weighted by Crippen LogP contribution is -2.36. The van der Waals surface area contributed by atoms with E-state index in [2.05, 4.69) is 12.2 Å². The van der Waals surface area contributed by atoms with E-state index in [0.29, 0.717) is 12.1 Å². The molecule has 0 amide bonds. The lowest BCUT2D eigenvalue weighted by Gasteiger charge is -2.19. The minimum Gasteiger partial charge on any atom is -0.380 e. The van der Waals surface area contributed by atoms with Gasteiger partial charge in [-0.05, 0) is 25.2 Å². The molecule has 0 aromatic rings. The first kappa shape index (κ1) is 10.4. The summed E-state index contributed by atoms with van der Waals surface area (Å²) in [6.07, 6.45) is 4.03. The predicted molar refractivity (Wildman–Crippen MR) is 55.4 cm³/mol. The van der Waals surface area contributed by atoms with Crippen LogP contribution in [-0.4, -0.2) is 38.5 Å². The molecule has 0 bridgehead atoms. The molecule has 3 unspecified atom stereocenters. The maximum Gasteiger partial charge on any atom is 0.0620 e. The Balaban J connectivity index is 1.68. The summed E-state index contributed by atoms with van der Waals surface area (Å²) in [5.74, 6) is 0.723. The fourth-order valence-corrected chi connectivity index (χ4v) is 2.39. The van der Waals surface area contributed by atoms with Crippen molar-refractivity contribution < 1.29 is 9.47 Å². The van der Waals surface area contributed by atoms with Crippen LogP contribution in [0.2, 0.25) is 0 Å². The van der Waals surface area contributed by atoms with Gasteiger partial charge in [0.25, 0.3) is 0 Å². The minimum absolute atomic E-state index is 0.491. The Hall–Kier alpha value is -0.120. The predicted octanol–water partition coefficient (Wildman–Crippen LogP) is 1.18. The first-order chi connectivity index (χ1) is 6.90. The molecule has 0 aromatic carbocycles. The molecule has 2 aliphatic heterocycles. The van der Waals surface area contributed by atoms with Crippen molar-refractivity contribution in [2.45, 2.75) is 38.3 Å². The zero-order valence-electron chi connectivity index (χ0n) is 9.00. The Morgan fingerprint density at radius 1 is 1.29 bits per heavy atom. The minimum atomic E-state index is 0.491. The van der Waals surface area contributed by atoms with Gasteiger partial charge in [0, 0.05) is 25.8 Å². The van der Waals surface area contributed by atoms with Crippen molar-refractivity contribution in [1.29, 1.82) is 0 Å². The van der Waals surface area contributed by atoms with Crippen LogP contribution in [0.1, 0.15) is 26.2 Å². The van der Waals surface area contributed by atoms with Crippen LogP contribution in [0.3, 0.4) is 0 Å². The van der Waals surface area contributed by atoms with Gasteiger partial charge in [-0.15, -0.1) is 0 Å². The first-order valence-electron chi connectivity index (χ1n) is 5.83. The van der Waals surface area contributed by atoms with Crippen molar-refractivity contribution in [1.82, 2.24) is 5.32 Å². The van der Waals surface area contributed by atoms with Crippen LogP contribution in [-0.2, 0) is 9.47 Å². The molecule has 0 saturated carbocycles. The van der Waals surface area contributed by atoms with Crippen LogP contribution < -0.4 is 5.32 Å². The van der Waals surface area contributed by atoms with Gasteiger partial charge < -0.3 is 14.8 Å². The highest BCUT2D eigenvalue weighted by atomic mass is 16.5. The van der Waals surface area contributed by atoms with Gasteiger partial charge in [0.2, 0.25) is 0 Å². The lowest BCUT2D eigenvalue weighted by molar-refractivity contribution is 0.0863. The van der Waals surface area contributed by atoms with E-state index in [0.717, 1.165) is 38.7 Å². The molecule has 14 heavy (non-hydrogen) atoms. The van der Waals surface area contributed by atoms with E-state index in [1.54, 1.807) is 0 Å². The molecule has 2 heterocycles. The van der Waals surface area contributed by atoms with Gasteiger partial charge in [-0.25, -0.2) is 0 Å². The smallest absolute Gasteiger partial charge is 0.0620 e. The van der Waals surface area contributed by atoms with Gasteiger partial charge in [-0.1, -0.05) is 6.92 Å². The van der Waals surface area contributed by atoms with Gasteiger partial charge in [0.15, 0.2) is 0 Å². The molecule has 3 nitrogen and oxygen atoms in total. The zero-order chi connectivity index (χ0) is 9.80. The number of hydrogen-bond donors (Lipinski definition) is 1. The average molecular weight is 199 g/mol. The normalized spacial score (nSPS) is 37.9. The van der Waals surface area contributed by atoms with Crippen molar-refractivity contribution in [3.8, 4) is 0 Å². The molecule has 3 heteroatoms. The van der Waals surface area contributed by atoms with Gasteiger partial charge >= 0.3 is 0 Å². The molecule has 1 N–H and O–H groups in total. The maximum atomic E-state index is 5.66. The van der Waals surface area contributed by atoms with E-state index in [1.807, 2.05) is 0 Å².